The van der Waals surface area contributed by atoms with E-state index in [0.29, 0.717) is 16.4 Å². The number of carbonyl (C=O) groups is 1. The Hall–Kier alpha value is -2.45. The Bertz CT molecular complexity index is 1230. The number of aliphatic hydroxyl groups excluding tert-OH is 1. The quantitative estimate of drug-likeness (QED) is 0.451. The Kier molecular flexibility index (Phi) is 7.96. The lowest BCUT2D eigenvalue weighted by molar-refractivity contribution is -0.198. The van der Waals surface area contributed by atoms with Crippen LogP contribution in [0.15, 0.2) is 24.3 Å². The number of nitrogens with zero attached hydrogens (tertiary/aromatic N) is 3. The van der Waals surface area contributed by atoms with Crippen LogP contribution in [-0.4, -0.2) is 58.6 Å². The normalized spacial score (nSPS) is 13.8. The summed E-state index contributed by atoms with van der Waals surface area (Å²) >= 11 is 6.22. The molecule has 2 aromatic heterocycles. The average molecular weight is 502 g/mol. The molecule has 7 nitrogen and oxygen atoms in total. The number of aromatic nitrogens is 2. The molecule has 0 bridgehead atoms. The molecule has 0 aliphatic heterocycles. The molecule has 0 aliphatic rings. The van der Waals surface area contributed by atoms with Gasteiger partial charge in [-0.25, -0.2) is 4.98 Å². The van der Waals surface area contributed by atoms with Crippen molar-refractivity contribution in [3.63, 3.8) is 0 Å². The summed E-state index contributed by atoms with van der Waals surface area (Å²) in [4.78, 5) is 19.2. The van der Waals surface area contributed by atoms with Gasteiger partial charge in [0, 0.05) is 54.1 Å². The zero-order valence-electron chi connectivity index (χ0n) is 22.1. The second-order valence-corrected chi connectivity index (χ2v) is 10.5. The van der Waals surface area contributed by atoms with Gasteiger partial charge >= 0.3 is 0 Å². The number of aryl methyl sites for hydroxylation is 2. The first-order chi connectivity index (χ1) is 16.3. The number of aliphatic hydroxyl groups is 1. The molecular formula is C27H36ClN3O4. The Labute approximate surface area is 212 Å². The van der Waals surface area contributed by atoms with Crippen molar-refractivity contribution in [1.82, 2.24) is 14.5 Å². The number of amides is 1. The highest BCUT2D eigenvalue weighted by Crippen LogP contribution is 2.43. The molecule has 0 saturated heterocycles. The van der Waals surface area contributed by atoms with Crippen LogP contribution in [0.4, 0.5) is 0 Å². The molecule has 3 rings (SSSR count). The minimum Gasteiger partial charge on any atom is -0.366 e. The molecule has 1 amide bonds. The second-order valence-electron chi connectivity index (χ2n) is 10.1. The van der Waals surface area contributed by atoms with E-state index < -0.39 is 18.0 Å². The molecule has 8 heteroatoms. The van der Waals surface area contributed by atoms with E-state index >= 15 is 0 Å². The van der Waals surface area contributed by atoms with Crippen LogP contribution in [0.25, 0.3) is 22.2 Å². The Morgan fingerprint density at radius 3 is 2.29 bits per heavy atom. The van der Waals surface area contributed by atoms with Gasteiger partial charge in [0.25, 0.3) is 0 Å². The smallest absolute Gasteiger partial charge is 0.242 e. The maximum Gasteiger partial charge on any atom is 0.242 e. The summed E-state index contributed by atoms with van der Waals surface area (Å²) in [5, 5.41) is 12.4. The number of fused-ring (bicyclic) bond motifs is 1. The summed E-state index contributed by atoms with van der Waals surface area (Å²) < 4.78 is 13.7. The predicted molar refractivity (Wildman–Crippen MR) is 140 cm³/mol. The molecule has 0 radical (unpaired) electrons. The van der Waals surface area contributed by atoms with Crippen molar-refractivity contribution in [2.45, 2.75) is 66.1 Å². The lowest BCUT2D eigenvalue weighted by Crippen LogP contribution is -2.32. The van der Waals surface area contributed by atoms with Crippen molar-refractivity contribution in [3.8, 4) is 11.1 Å². The van der Waals surface area contributed by atoms with Crippen LogP contribution >= 0.6 is 11.6 Å². The van der Waals surface area contributed by atoms with Crippen molar-refractivity contribution >= 4 is 28.5 Å². The number of ether oxygens (including phenoxy) is 2. The molecule has 3 aromatic rings. The fraction of sp³-hybridized carbons (Fsp3) is 0.481. The van der Waals surface area contributed by atoms with Gasteiger partial charge in [-0.1, -0.05) is 23.7 Å². The number of likely N-dealkylation sites (N-methyl/N-ethyl adjacent to an activating group) is 1. The van der Waals surface area contributed by atoms with Crippen LogP contribution in [-0.2, 0) is 20.8 Å². The van der Waals surface area contributed by atoms with E-state index in [9.17, 15) is 9.90 Å². The first-order valence-electron chi connectivity index (χ1n) is 11.6. The number of rotatable bonds is 7. The SMILES string of the molecule is COC(O)[C@@H](OC(C)(C)C)c1c(C)nc2c(c(C)c(C)n2CC(=O)N(C)C)c1-c1ccc(Cl)cc1. The first-order valence-corrected chi connectivity index (χ1v) is 12.0. The van der Waals surface area contributed by atoms with Crippen LogP contribution in [0.5, 0.6) is 0 Å². The molecular weight excluding hydrogens is 466 g/mol. The third kappa shape index (κ3) is 5.54. The molecule has 1 N–H and O–H groups in total. The van der Waals surface area contributed by atoms with E-state index in [4.69, 9.17) is 26.1 Å². The van der Waals surface area contributed by atoms with Crippen LogP contribution in [0.3, 0.4) is 0 Å². The van der Waals surface area contributed by atoms with Crippen LogP contribution in [0, 0.1) is 20.8 Å². The average Bonchev–Trinajstić information content (AvgIpc) is 3.00. The molecule has 0 spiro atoms. The minimum absolute atomic E-state index is 0.0229. The second kappa shape index (κ2) is 10.3. The topological polar surface area (TPSA) is 76.8 Å². The molecule has 190 valence electrons. The standard InChI is InChI=1S/C27H36ClN3O4/c1-15-17(3)31(14-20(32)30(7)8)25-21(15)23(18-10-12-19(28)13-11-18)22(16(2)29-25)24(26(33)34-9)35-27(4,5)6/h10-13,24,26,33H,14H2,1-9H3/t24-,26?/m0/s1. The highest BCUT2D eigenvalue weighted by molar-refractivity contribution is 6.30. The first kappa shape index (κ1) is 27.1. The van der Waals surface area contributed by atoms with Gasteiger partial charge in [-0.3, -0.25) is 4.79 Å². The number of pyridine rings is 1. The summed E-state index contributed by atoms with van der Waals surface area (Å²) in [5.74, 6) is -0.0229. The number of hydrogen-bond donors (Lipinski definition) is 1. The highest BCUT2D eigenvalue weighted by Gasteiger charge is 2.34. The largest absolute Gasteiger partial charge is 0.366 e. The maximum absolute atomic E-state index is 12.6. The molecule has 0 saturated carbocycles. The molecule has 2 atom stereocenters. The summed E-state index contributed by atoms with van der Waals surface area (Å²) in [7, 11) is 4.94. The fourth-order valence-corrected chi connectivity index (χ4v) is 4.42. The maximum atomic E-state index is 12.6. The Morgan fingerprint density at radius 1 is 1.17 bits per heavy atom. The van der Waals surface area contributed by atoms with Gasteiger partial charge < -0.3 is 24.0 Å². The molecule has 1 aromatic carbocycles. The van der Waals surface area contributed by atoms with Crippen LogP contribution in [0.2, 0.25) is 5.02 Å². The number of carbonyl (C=O) groups excluding carboxylic acids is 1. The lowest BCUT2D eigenvalue weighted by atomic mass is 9.90. The summed E-state index contributed by atoms with van der Waals surface area (Å²) in [6.07, 6.45) is -2.01. The summed E-state index contributed by atoms with van der Waals surface area (Å²) in [6.45, 7) is 11.9. The zero-order valence-corrected chi connectivity index (χ0v) is 22.8. The Morgan fingerprint density at radius 2 is 1.77 bits per heavy atom. The third-order valence-electron chi connectivity index (χ3n) is 6.18. The Balaban J connectivity index is 2.45. The van der Waals surface area contributed by atoms with Crippen molar-refractivity contribution in [2.24, 2.45) is 0 Å². The fourth-order valence-electron chi connectivity index (χ4n) is 4.29. The molecule has 0 fully saturated rings. The monoisotopic (exact) mass is 501 g/mol. The van der Waals surface area contributed by atoms with Gasteiger partial charge in [-0.15, -0.1) is 0 Å². The zero-order chi connectivity index (χ0) is 26.2. The van der Waals surface area contributed by atoms with Gasteiger partial charge in [0.05, 0.1) is 5.60 Å². The van der Waals surface area contributed by atoms with Gasteiger partial charge in [-0.2, -0.15) is 0 Å². The molecule has 0 aliphatic carbocycles. The highest BCUT2D eigenvalue weighted by atomic mass is 35.5. The van der Waals surface area contributed by atoms with E-state index in [-0.39, 0.29) is 12.5 Å². The van der Waals surface area contributed by atoms with Crippen molar-refractivity contribution in [3.05, 3.63) is 51.8 Å². The number of benzene rings is 1. The van der Waals surface area contributed by atoms with E-state index in [1.807, 2.05) is 70.4 Å². The van der Waals surface area contributed by atoms with Crippen molar-refractivity contribution < 1.29 is 19.4 Å². The third-order valence-corrected chi connectivity index (χ3v) is 6.43. The van der Waals surface area contributed by atoms with Gasteiger partial charge in [0.2, 0.25) is 5.91 Å². The van der Waals surface area contributed by atoms with Crippen molar-refractivity contribution in [1.29, 1.82) is 0 Å². The van der Waals surface area contributed by atoms with Gasteiger partial charge in [-0.05, 0) is 64.8 Å². The van der Waals surface area contributed by atoms with E-state index in [1.165, 1.54) is 7.11 Å². The minimum atomic E-state index is -1.21. The predicted octanol–water partition coefficient (Wildman–Crippen LogP) is 5.19. The van der Waals surface area contributed by atoms with E-state index in [1.54, 1.807) is 19.0 Å². The van der Waals surface area contributed by atoms with Crippen LogP contribution < -0.4 is 0 Å². The number of hydrogen-bond acceptors (Lipinski definition) is 5. The molecule has 35 heavy (non-hydrogen) atoms. The van der Waals surface area contributed by atoms with Crippen molar-refractivity contribution in [2.75, 3.05) is 21.2 Å². The summed E-state index contributed by atoms with van der Waals surface area (Å²) in [6, 6.07) is 7.57. The van der Waals surface area contributed by atoms with E-state index in [2.05, 4.69) is 0 Å². The lowest BCUT2D eigenvalue weighted by Gasteiger charge is -2.32. The van der Waals surface area contributed by atoms with E-state index in [0.717, 1.165) is 33.3 Å². The summed E-state index contributed by atoms with van der Waals surface area (Å²) in [5.41, 5.74) is 5.32. The molecule has 2 heterocycles. The number of halogens is 1. The van der Waals surface area contributed by atoms with Gasteiger partial charge in [0.1, 0.15) is 18.3 Å². The van der Waals surface area contributed by atoms with Crippen LogP contribution in [0.1, 0.15) is 49.4 Å². The molecule has 1 unspecified atom stereocenters. The van der Waals surface area contributed by atoms with Gasteiger partial charge in [0.15, 0.2) is 6.29 Å². The number of methoxy groups -OCH3 is 1.